The Morgan fingerprint density at radius 3 is 2.32 bits per heavy atom. The Hall–Kier alpha value is -1.44. The fourth-order valence-electron chi connectivity index (χ4n) is 2.73. The van der Waals surface area contributed by atoms with Gasteiger partial charge in [-0.2, -0.15) is 0 Å². The van der Waals surface area contributed by atoms with E-state index in [1.165, 1.54) is 17.0 Å². The summed E-state index contributed by atoms with van der Waals surface area (Å²) in [6.45, 7) is 6.20. The van der Waals surface area contributed by atoms with Crippen molar-refractivity contribution in [2.24, 2.45) is 11.1 Å². The van der Waals surface area contributed by atoms with Crippen LogP contribution in [-0.4, -0.2) is 33.5 Å². The Kier molecular flexibility index (Phi) is 5.20. The number of likely N-dealkylation sites (tertiary alicyclic amines) is 1. The summed E-state index contributed by atoms with van der Waals surface area (Å²) in [5.74, 6) is 0.692. The Labute approximate surface area is 131 Å². The Balaban J connectivity index is 1.96. The van der Waals surface area contributed by atoms with Gasteiger partial charge in [0.05, 0.1) is 18.0 Å². The number of sulfonamides is 1. The first kappa shape index (κ1) is 16.9. The molecule has 1 atom stereocenters. The lowest BCUT2D eigenvalue weighted by Gasteiger charge is -2.31. The third-order valence-corrected chi connectivity index (χ3v) is 5.30. The summed E-state index contributed by atoms with van der Waals surface area (Å²) in [4.78, 5) is 13.6. The molecule has 1 aromatic carbocycles. The molecule has 6 nitrogen and oxygen atoms in total. The van der Waals surface area contributed by atoms with Crippen molar-refractivity contribution in [1.82, 2.24) is 0 Å². The van der Waals surface area contributed by atoms with Crippen molar-refractivity contribution in [1.29, 1.82) is 0 Å². The molecule has 4 N–H and O–H groups in total. The summed E-state index contributed by atoms with van der Waals surface area (Å²) in [6.07, 6.45) is 2.30. The van der Waals surface area contributed by atoms with E-state index in [1.54, 1.807) is 12.1 Å². The first-order valence-corrected chi connectivity index (χ1v) is 9.10. The van der Waals surface area contributed by atoms with E-state index in [0.717, 1.165) is 31.8 Å². The first-order valence-electron chi connectivity index (χ1n) is 7.55. The van der Waals surface area contributed by atoms with E-state index in [1.807, 2.05) is 6.92 Å². The first-order chi connectivity index (χ1) is 10.3. The molecular formula is C15H24N3O3S+. The van der Waals surface area contributed by atoms with Gasteiger partial charge in [-0.1, -0.05) is 6.92 Å². The van der Waals surface area contributed by atoms with Crippen LogP contribution in [-0.2, 0) is 14.8 Å². The van der Waals surface area contributed by atoms with Gasteiger partial charge in [-0.25, -0.2) is 13.6 Å². The van der Waals surface area contributed by atoms with Crippen molar-refractivity contribution >= 4 is 21.6 Å². The molecule has 0 spiro atoms. The monoisotopic (exact) mass is 326 g/mol. The van der Waals surface area contributed by atoms with E-state index in [2.05, 4.69) is 12.2 Å². The van der Waals surface area contributed by atoms with Crippen molar-refractivity contribution in [3.05, 3.63) is 24.3 Å². The Bertz CT molecular complexity index is 620. The summed E-state index contributed by atoms with van der Waals surface area (Å²) < 4.78 is 22.4. The van der Waals surface area contributed by atoms with Gasteiger partial charge in [0.25, 0.3) is 5.91 Å². The van der Waals surface area contributed by atoms with Crippen LogP contribution in [0.4, 0.5) is 5.69 Å². The van der Waals surface area contributed by atoms with Gasteiger partial charge in [0.15, 0.2) is 6.04 Å². The van der Waals surface area contributed by atoms with Gasteiger partial charge in [0.2, 0.25) is 10.0 Å². The number of hydrogen-bond donors (Lipinski definition) is 3. The van der Waals surface area contributed by atoms with Crippen LogP contribution in [0.5, 0.6) is 0 Å². The van der Waals surface area contributed by atoms with Gasteiger partial charge in [-0.3, -0.25) is 4.79 Å². The Morgan fingerprint density at radius 2 is 1.82 bits per heavy atom. The van der Waals surface area contributed by atoms with Crippen LogP contribution < -0.4 is 15.4 Å². The van der Waals surface area contributed by atoms with Crippen molar-refractivity contribution in [3.63, 3.8) is 0 Å². The van der Waals surface area contributed by atoms with Gasteiger partial charge in [0.1, 0.15) is 0 Å². The Morgan fingerprint density at radius 1 is 1.27 bits per heavy atom. The maximum atomic E-state index is 12.3. The number of nitrogens with one attached hydrogen (secondary N) is 2. The summed E-state index contributed by atoms with van der Waals surface area (Å²) in [5.41, 5.74) is 0.578. The predicted octanol–water partition coefficient (Wildman–Crippen LogP) is -0.0242. The number of rotatable bonds is 4. The van der Waals surface area contributed by atoms with Crippen molar-refractivity contribution in [2.75, 3.05) is 18.4 Å². The largest absolute Gasteiger partial charge is 0.325 e. The zero-order chi connectivity index (χ0) is 16.3. The molecule has 1 heterocycles. The highest BCUT2D eigenvalue weighted by atomic mass is 32.2. The van der Waals surface area contributed by atoms with Crippen LogP contribution in [0.25, 0.3) is 0 Å². The molecule has 0 saturated carbocycles. The minimum Gasteiger partial charge on any atom is -0.325 e. The molecule has 0 aliphatic carbocycles. The van der Waals surface area contributed by atoms with E-state index in [4.69, 9.17) is 5.14 Å². The number of nitrogens with two attached hydrogens (primary N) is 1. The lowest BCUT2D eigenvalue weighted by molar-refractivity contribution is -0.919. The number of anilines is 1. The predicted molar refractivity (Wildman–Crippen MR) is 85.0 cm³/mol. The third-order valence-electron chi connectivity index (χ3n) is 4.37. The molecule has 1 fully saturated rings. The van der Waals surface area contributed by atoms with Crippen molar-refractivity contribution in [3.8, 4) is 0 Å². The smallest absolute Gasteiger partial charge is 0.282 e. The number of piperidine rings is 1. The van der Waals surface area contributed by atoms with Crippen LogP contribution >= 0.6 is 0 Å². The summed E-state index contributed by atoms with van der Waals surface area (Å²) >= 11 is 0. The second-order valence-electron chi connectivity index (χ2n) is 6.12. The van der Waals surface area contributed by atoms with E-state index < -0.39 is 10.0 Å². The molecule has 1 amide bonds. The van der Waals surface area contributed by atoms with Crippen LogP contribution in [0.15, 0.2) is 29.2 Å². The molecule has 0 radical (unpaired) electrons. The van der Waals surface area contributed by atoms with E-state index >= 15 is 0 Å². The minimum absolute atomic E-state index is 0.0363. The summed E-state index contributed by atoms with van der Waals surface area (Å²) in [6, 6.07) is 5.77. The lowest BCUT2D eigenvalue weighted by Crippen LogP contribution is -3.17. The number of quaternary nitrogens is 1. The highest BCUT2D eigenvalue weighted by molar-refractivity contribution is 7.89. The molecule has 1 aliphatic rings. The number of hydrogen-bond acceptors (Lipinski definition) is 3. The van der Waals surface area contributed by atoms with E-state index in [9.17, 15) is 13.2 Å². The molecule has 1 aromatic rings. The highest BCUT2D eigenvalue weighted by Gasteiger charge is 2.28. The average Bonchev–Trinajstić information content (AvgIpc) is 2.47. The van der Waals surface area contributed by atoms with Gasteiger partial charge < -0.3 is 10.2 Å². The average molecular weight is 326 g/mol. The maximum Gasteiger partial charge on any atom is 0.282 e. The number of amides is 1. The summed E-state index contributed by atoms with van der Waals surface area (Å²) in [5, 5.41) is 7.88. The molecule has 0 unspecified atom stereocenters. The zero-order valence-electron chi connectivity index (χ0n) is 13.0. The van der Waals surface area contributed by atoms with Crippen LogP contribution in [0, 0.1) is 5.92 Å². The molecule has 122 valence electrons. The fraction of sp³-hybridized carbons (Fsp3) is 0.533. The number of benzene rings is 1. The molecule has 7 heteroatoms. The lowest BCUT2D eigenvalue weighted by atomic mass is 9.98. The normalized spacial score (nSPS) is 23.8. The van der Waals surface area contributed by atoms with E-state index in [-0.39, 0.29) is 16.8 Å². The van der Waals surface area contributed by atoms with Gasteiger partial charge in [-0.05, 0) is 49.9 Å². The molecule has 22 heavy (non-hydrogen) atoms. The molecule has 1 saturated heterocycles. The van der Waals surface area contributed by atoms with Crippen LogP contribution in [0.1, 0.15) is 26.7 Å². The second-order valence-corrected chi connectivity index (χ2v) is 7.68. The minimum atomic E-state index is -3.70. The van der Waals surface area contributed by atoms with Crippen LogP contribution in [0.2, 0.25) is 0 Å². The van der Waals surface area contributed by atoms with E-state index in [0.29, 0.717) is 5.69 Å². The topological polar surface area (TPSA) is 93.7 Å². The number of primary sulfonamides is 1. The van der Waals surface area contributed by atoms with Crippen molar-refractivity contribution in [2.45, 2.75) is 37.6 Å². The quantitative estimate of drug-likeness (QED) is 0.726. The van der Waals surface area contributed by atoms with Gasteiger partial charge >= 0.3 is 0 Å². The van der Waals surface area contributed by atoms with Crippen molar-refractivity contribution < 1.29 is 18.1 Å². The third kappa shape index (κ3) is 4.28. The molecule has 0 aromatic heterocycles. The highest BCUT2D eigenvalue weighted by Crippen LogP contribution is 2.13. The standard InChI is InChI=1S/C15H23N3O3S/c1-11-7-9-18(10-8-11)12(2)15(19)17-13-3-5-14(6-4-13)22(16,20)21/h3-6,11-12H,7-10H2,1-2H3,(H,17,19)(H2,16,20,21)/p+1/t12-/m0/s1. The zero-order valence-corrected chi connectivity index (χ0v) is 13.8. The summed E-state index contributed by atoms with van der Waals surface area (Å²) in [7, 11) is -3.70. The molecular weight excluding hydrogens is 302 g/mol. The number of carbonyl (C=O) groups excluding carboxylic acids is 1. The second kappa shape index (κ2) is 6.76. The molecule has 2 rings (SSSR count). The van der Waals surface area contributed by atoms with Gasteiger partial charge in [-0.15, -0.1) is 0 Å². The number of carbonyl (C=O) groups is 1. The SMILES string of the molecule is CC1CC[NH+]([C@@H](C)C(=O)Nc2ccc(S(N)(=O)=O)cc2)CC1. The van der Waals surface area contributed by atoms with Gasteiger partial charge in [0, 0.05) is 5.69 Å². The molecule has 1 aliphatic heterocycles. The fourth-order valence-corrected chi connectivity index (χ4v) is 3.25. The van der Waals surface area contributed by atoms with Crippen LogP contribution in [0.3, 0.4) is 0 Å². The maximum absolute atomic E-state index is 12.3. The molecule has 0 bridgehead atoms.